The summed E-state index contributed by atoms with van der Waals surface area (Å²) in [5.41, 5.74) is 1.52. The summed E-state index contributed by atoms with van der Waals surface area (Å²) in [7, 11) is 3.80. The van der Waals surface area contributed by atoms with E-state index >= 15 is 0 Å². The van der Waals surface area contributed by atoms with E-state index in [0.29, 0.717) is 30.2 Å². The Labute approximate surface area is 175 Å². The van der Waals surface area contributed by atoms with Gasteiger partial charge in [0.2, 0.25) is 0 Å². The molecule has 0 spiro atoms. The molecule has 2 aliphatic rings. The van der Waals surface area contributed by atoms with Crippen molar-refractivity contribution in [2.45, 2.75) is 32.4 Å². The fourth-order valence-electron chi connectivity index (χ4n) is 4.04. The Morgan fingerprint density at radius 1 is 1.23 bits per heavy atom. The van der Waals surface area contributed by atoms with Gasteiger partial charge in [-0.1, -0.05) is 0 Å². The normalized spacial score (nSPS) is 22.6. The fraction of sp³-hybridized carbons (Fsp3) is 0.391. The van der Waals surface area contributed by atoms with E-state index in [1.165, 1.54) is 4.90 Å². The van der Waals surface area contributed by atoms with E-state index in [1.54, 1.807) is 31.2 Å². The summed E-state index contributed by atoms with van der Waals surface area (Å²) in [6.45, 7) is 4.71. The lowest BCUT2D eigenvalue weighted by Gasteiger charge is -2.24. The first-order valence-corrected chi connectivity index (χ1v) is 10.1. The number of rotatable bonds is 5. The zero-order valence-corrected chi connectivity index (χ0v) is 17.6. The SMILES string of the molecule is Cc1ccc([C@H]2C(=C(O)c3ccc4c(c3)C[C@@H](C)O4)C(=O)C(=O)N2CCN(C)C)o1. The van der Waals surface area contributed by atoms with Gasteiger partial charge in [-0.25, -0.2) is 0 Å². The first kappa shape index (κ1) is 20.2. The van der Waals surface area contributed by atoms with Crippen LogP contribution in [0.2, 0.25) is 0 Å². The predicted molar refractivity (Wildman–Crippen MR) is 111 cm³/mol. The maximum atomic E-state index is 13.0. The first-order chi connectivity index (χ1) is 14.3. The molecule has 1 saturated heterocycles. The zero-order valence-electron chi connectivity index (χ0n) is 17.6. The topological polar surface area (TPSA) is 83.2 Å². The monoisotopic (exact) mass is 410 g/mol. The smallest absolute Gasteiger partial charge is 0.295 e. The number of benzene rings is 1. The van der Waals surface area contributed by atoms with Crippen molar-refractivity contribution < 1.29 is 23.8 Å². The predicted octanol–water partition coefficient (Wildman–Crippen LogP) is 2.89. The average Bonchev–Trinajstić information content (AvgIpc) is 3.35. The van der Waals surface area contributed by atoms with Crippen molar-refractivity contribution in [3.8, 4) is 5.75 Å². The third-order valence-corrected chi connectivity index (χ3v) is 5.53. The summed E-state index contributed by atoms with van der Waals surface area (Å²) < 4.78 is 11.5. The molecule has 0 aliphatic carbocycles. The molecule has 7 heteroatoms. The number of ketones is 1. The van der Waals surface area contributed by atoms with Gasteiger partial charge in [0.05, 0.1) is 5.57 Å². The highest BCUT2D eigenvalue weighted by Gasteiger charge is 2.47. The van der Waals surface area contributed by atoms with Crippen LogP contribution in [0.1, 0.15) is 35.6 Å². The van der Waals surface area contributed by atoms with Gasteiger partial charge in [-0.15, -0.1) is 0 Å². The molecule has 0 unspecified atom stereocenters. The van der Waals surface area contributed by atoms with Crippen molar-refractivity contribution >= 4 is 17.4 Å². The molecule has 0 bridgehead atoms. The van der Waals surface area contributed by atoms with E-state index in [-0.39, 0.29) is 17.4 Å². The molecule has 1 fully saturated rings. The number of ether oxygens (including phenoxy) is 1. The lowest BCUT2D eigenvalue weighted by Crippen LogP contribution is -2.35. The molecule has 2 aliphatic heterocycles. The molecule has 1 aromatic heterocycles. The molecular formula is C23H26N2O5. The van der Waals surface area contributed by atoms with Crippen molar-refractivity contribution in [2.75, 3.05) is 27.2 Å². The van der Waals surface area contributed by atoms with E-state index in [0.717, 1.165) is 17.7 Å². The van der Waals surface area contributed by atoms with Crippen LogP contribution in [0.5, 0.6) is 5.75 Å². The van der Waals surface area contributed by atoms with E-state index in [2.05, 4.69) is 0 Å². The van der Waals surface area contributed by atoms with Gasteiger partial charge in [0.1, 0.15) is 35.2 Å². The Morgan fingerprint density at radius 2 is 2.00 bits per heavy atom. The van der Waals surface area contributed by atoms with Gasteiger partial charge < -0.3 is 24.1 Å². The van der Waals surface area contributed by atoms with E-state index in [4.69, 9.17) is 9.15 Å². The van der Waals surface area contributed by atoms with Gasteiger partial charge in [0.15, 0.2) is 0 Å². The molecule has 158 valence electrons. The van der Waals surface area contributed by atoms with Crippen LogP contribution in [0.25, 0.3) is 5.76 Å². The Hall–Kier alpha value is -3.06. The van der Waals surface area contributed by atoms with E-state index in [1.807, 2.05) is 32.0 Å². The second-order valence-electron chi connectivity index (χ2n) is 8.20. The molecule has 7 nitrogen and oxygen atoms in total. The second kappa shape index (κ2) is 7.65. The summed E-state index contributed by atoms with van der Waals surface area (Å²) in [6, 6.07) is 8.11. The quantitative estimate of drug-likeness (QED) is 0.464. The lowest BCUT2D eigenvalue weighted by atomic mass is 9.97. The highest BCUT2D eigenvalue weighted by atomic mass is 16.5. The van der Waals surface area contributed by atoms with Gasteiger partial charge in [-0.2, -0.15) is 0 Å². The number of aliphatic hydroxyl groups is 1. The van der Waals surface area contributed by atoms with Crippen LogP contribution in [0.15, 0.2) is 40.3 Å². The minimum Gasteiger partial charge on any atom is -0.507 e. The van der Waals surface area contributed by atoms with Crippen molar-refractivity contribution in [2.24, 2.45) is 0 Å². The van der Waals surface area contributed by atoms with Crippen LogP contribution in [-0.4, -0.2) is 59.9 Å². The third kappa shape index (κ3) is 3.50. The maximum Gasteiger partial charge on any atom is 0.295 e. The van der Waals surface area contributed by atoms with Gasteiger partial charge in [-0.3, -0.25) is 9.59 Å². The van der Waals surface area contributed by atoms with Crippen LogP contribution in [0.3, 0.4) is 0 Å². The molecule has 1 N–H and O–H groups in total. The number of hydrogen-bond donors (Lipinski definition) is 1. The van der Waals surface area contributed by atoms with Gasteiger partial charge in [-0.05, 0) is 63.8 Å². The Kier molecular flexibility index (Phi) is 5.15. The van der Waals surface area contributed by atoms with Crippen LogP contribution in [-0.2, 0) is 16.0 Å². The molecule has 30 heavy (non-hydrogen) atoms. The summed E-state index contributed by atoms with van der Waals surface area (Å²) in [6.07, 6.45) is 0.800. The summed E-state index contributed by atoms with van der Waals surface area (Å²) in [4.78, 5) is 29.2. The van der Waals surface area contributed by atoms with Crippen LogP contribution >= 0.6 is 0 Å². The Morgan fingerprint density at radius 3 is 2.67 bits per heavy atom. The Balaban J connectivity index is 1.80. The second-order valence-corrected chi connectivity index (χ2v) is 8.20. The molecule has 4 rings (SSSR count). The highest BCUT2D eigenvalue weighted by Crippen LogP contribution is 2.40. The number of likely N-dealkylation sites (N-methyl/N-ethyl adjacent to an activating group) is 1. The van der Waals surface area contributed by atoms with Crippen molar-refractivity contribution in [3.63, 3.8) is 0 Å². The number of aryl methyl sites for hydroxylation is 1. The third-order valence-electron chi connectivity index (χ3n) is 5.53. The number of furan rings is 1. The van der Waals surface area contributed by atoms with Crippen molar-refractivity contribution in [3.05, 3.63) is 58.6 Å². The zero-order chi connectivity index (χ0) is 21.6. The molecular weight excluding hydrogens is 384 g/mol. The summed E-state index contributed by atoms with van der Waals surface area (Å²) in [5, 5.41) is 11.1. The summed E-state index contributed by atoms with van der Waals surface area (Å²) in [5.74, 6) is 0.397. The van der Waals surface area contributed by atoms with E-state index in [9.17, 15) is 14.7 Å². The summed E-state index contributed by atoms with van der Waals surface area (Å²) >= 11 is 0. The van der Waals surface area contributed by atoms with E-state index < -0.39 is 17.7 Å². The Bertz CT molecular complexity index is 1040. The average molecular weight is 410 g/mol. The lowest BCUT2D eigenvalue weighted by molar-refractivity contribution is -0.140. The number of Topliss-reactive ketones (excluding diaryl/α,β-unsaturated/α-hetero) is 1. The number of likely N-dealkylation sites (tertiary alicyclic amines) is 1. The van der Waals surface area contributed by atoms with Gasteiger partial charge in [0, 0.05) is 25.1 Å². The number of nitrogens with zero attached hydrogens (tertiary/aromatic N) is 2. The molecule has 3 heterocycles. The van der Waals surface area contributed by atoms with Crippen molar-refractivity contribution in [1.29, 1.82) is 0 Å². The number of fused-ring (bicyclic) bond motifs is 1. The van der Waals surface area contributed by atoms with Crippen LogP contribution in [0.4, 0.5) is 0 Å². The van der Waals surface area contributed by atoms with Crippen molar-refractivity contribution in [1.82, 2.24) is 9.80 Å². The number of carbonyl (C=O) groups is 2. The number of hydrogen-bond acceptors (Lipinski definition) is 6. The number of aliphatic hydroxyl groups excluding tert-OH is 1. The van der Waals surface area contributed by atoms with Crippen LogP contribution in [0, 0.1) is 6.92 Å². The maximum absolute atomic E-state index is 13.0. The molecule has 2 atom stereocenters. The molecule has 1 amide bonds. The largest absolute Gasteiger partial charge is 0.507 e. The molecule has 2 aromatic rings. The highest BCUT2D eigenvalue weighted by molar-refractivity contribution is 6.46. The van der Waals surface area contributed by atoms with Gasteiger partial charge in [0.25, 0.3) is 11.7 Å². The minimum atomic E-state index is -0.762. The van der Waals surface area contributed by atoms with Crippen LogP contribution < -0.4 is 4.74 Å². The molecule has 0 saturated carbocycles. The number of carbonyl (C=O) groups excluding carboxylic acids is 2. The molecule has 1 aromatic carbocycles. The molecule has 0 radical (unpaired) electrons. The fourth-order valence-corrected chi connectivity index (χ4v) is 4.04. The standard InChI is InChI=1S/C23H26N2O5/c1-13-5-7-18(29-13)20-19(22(27)23(28)25(20)10-9-24(3)4)21(26)15-6-8-17-16(12-15)11-14(2)30-17/h5-8,12,14,20,26H,9-11H2,1-4H3/t14-,20+/m1/s1. The number of amides is 1. The minimum absolute atomic E-state index is 0.0556. The van der Waals surface area contributed by atoms with Gasteiger partial charge >= 0.3 is 0 Å². The first-order valence-electron chi connectivity index (χ1n) is 10.1.